The van der Waals surface area contributed by atoms with Crippen LogP contribution in [-0.4, -0.2) is 48.9 Å². The molecule has 1 saturated heterocycles. The highest BCUT2D eigenvalue weighted by molar-refractivity contribution is 5.94. The minimum Gasteiger partial charge on any atom is -0.384 e. The highest BCUT2D eigenvalue weighted by Gasteiger charge is 2.14. The molecule has 1 fully saturated rings. The Balaban J connectivity index is 2.04. The summed E-state index contributed by atoms with van der Waals surface area (Å²) in [4.78, 5) is 12.1. The molecule has 0 spiro atoms. The molecular weight excluding hydrogens is 256 g/mol. The quantitative estimate of drug-likeness (QED) is 0.762. The van der Waals surface area contributed by atoms with Crippen LogP contribution in [-0.2, 0) is 4.74 Å². The molecule has 0 aliphatic carbocycles. The average molecular weight is 274 g/mol. The number of nitrogens with zero attached hydrogens (tertiary/aromatic N) is 1. The van der Waals surface area contributed by atoms with Gasteiger partial charge in [-0.2, -0.15) is 0 Å². The van der Waals surface area contributed by atoms with Crippen LogP contribution in [0.1, 0.15) is 21.5 Å². The van der Waals surface area contributed by atoms with Gasteiger partial charge < -0.3 is 9.84 Å². The van der Waals surface area contributed by atoms with Crippen LogP contribution in [0.15, 0.2) is 18.2 Å². The molecule has 5 nitrogen and oxygen atoms in total. The molecule has 1 aliphatic heterocycles. The topological polar surface area (TPSA) is 61.8 Å². The average Bonchev–Trinajstić information content (AvgIpc) is 2.47. The van der Waals surface area contributed by atoms with Crippen molar-refractivity contribution in [3.63, 3.8) is 0 Å². The van der Waals surface area contributed by atoms with Crippen molar-refractivity contribution in [3.8, 4) is 11.8 Å². The largest absolute Gasteiger partial charge is 0.384 e. The monoisotopic (exact) mass is 274 g/mol. The smallest absolute Gasteiger partial charge is 0.265 e. The first-order chi connectivity index (χ1) is 9.70. The van der Waals surface area contributed by atoms with Crippen LogP contribution >= 0.6 is 0 Å². The fraction of sp³-hybridized carbons (Fsp3) is 0.400. The highest BCUT2D eigenvalue weighted by Crippen LogP contribution is 2.10. The number of benzene rings is 1. The van der Waals surface area contributed by atoms with Gasteiger partial charge >= 0.3 is 0 Å². The van der Waals surface area contributed by atoms with Gasteiger partial charge in [-0.25, -0.2) is 5.01 Å². The Labute approximate surface area is 118 Å². The molecule has 0 unspecified atom stereocenters. The molecule has 1 aromatic rings. The van der Waals surface area contributed by atoms with Gasteiger partial charge in [0.25, 0.3) is 5.91 Å². The number of amides is 1. The number of rotatable bonds is 2. The van der Waals surface area contributed by atoms with Gasteiger partial charge in [0.15, 0.2) is 0 Å². The van der Waals surface area contributed by atoms with E-state index in [0.29, 0.717) is 31.9 Å². The van der Waals surface area contributed by atoms with Crippen LogP contribution < -0.4 is 5.43 Å². The molecule has 2 N–H and O–H groups in total. The number of nitrogens with one attached hydrogen (secondary N) is 1. The SMILES string of the molecule is Cc1cc(C(=O)NN2CCOCC2)ccc1C#CCO. The summed E-state index contributed by atoms with van der Waals surface area (Å²) in [7, 11) is 0. The molecule has 1 aromatic carbocycles. The van der Waals surface area contributed by atoms with Crippen LogP contribution in [0.2, 0.25) is 0 Å². The second kappa shape index (κ2) is 7.06. The van der Waals surface area contributed by atoms with Gasteiger partial charge in [0.1, 0.15) is 6.61 Å². The summed E-state index contributed by atoms with van der Waals surface area (Å²) in [6.07, 6.45) is 0. The first-order valence-electron chi connectivity index (χ1n) is 6.55. The number of carbonyl (C=O) groups is 1. The van der Waals surface area contributed by atoms with E-state index in [2.05, 4.69) is 17.3 Å². The zero-order chi connectivity index (χ0) is 14.4. The fourth-order valence-electron chi connectivity index (χ4n) is 1.96. The van der Waals surface area contributed by atoms with E-state index in [1.165, 1.54) is 0 Å². The molecule has 2 rings (SSSR count). The molecule has 5 heteroatoms. The number of morpholine rings is 1. The number of ether oxygens (including phenoxy) is 1. The Kier molecular flexibility index (Phi) is 5.13. The minimum absolute atomic E-state index is 0.128. The lowest BCUT2D eigenvalue weighted by molar-refractivity contribution is 0.0126. The maximum atomic E-state index is 12.1. The van der Waals surface area contributed by atoms with E-state index < -0.39 is 0 Å². The molecule has 1 heterocycles. The van der Waals surface area contributed by atoms with Crippen molar-refractivity contribution < 1.29 is 14.6 Å². The predicted molar refractivity (Wildman–Crippen MR) is 75.0 cm³/mol. The van der Waals surface area contributed by atoms with E-state index in [4.69, 9.17) is 9.84 Å². The van der Waals surface area contributed by atoms with Gasteiger partial charge in [0.05, 0.1) is 13.2 Å². The summed E-state index contributed by atoms with van der Waals surface area (Å²) in [6.45, 7) is 4.39. The van der Waals surface area contributed by atoms with Crippen LogP contribution in [0.3, 0.4) is 0 Å². The first-order valence-corrected chi connectivity index (χ1v) is 6.55. The van der Waals surface area contributed by atoms with E-state index in [1.54, 1.807) is 18.2 Å². The van der Waals surface area contributed by atoms with E-state index in [1.807, 2.05) is 11.9 Å². The maximum Gasteiger partial charge on any atom is 0.265 e. The first kappa shape index (κ1) is 14.5. The number of aliphatic hydroxyl groups excluding tert-OH is 1. The molecule has 106 valence electrons. The van der Waals surface area contributed by atoms with Crippen molar-refractivity contribution in [1.82, 2.24) is 10.4 Å². The number of aryl methyl sites for hydroxylation is 1. The van der Waals surface area contributed by atoms with E-state index in [0.717, 1.165) is 11.1 Å². The van der Waals surface area contributed by atoms with Crippen LogP contribution in [0.5, 0.6) is 0 Å². The fourth-order valence-corrected chi connectivity index (χ4v) is 1.96. The summed E-state index contributed by atoms with van der Waals surface area (Å²) >= 11 is 0. The van der Waals surface area contributed by atoms with Gasteiger partial charge in [0, 0.05) is 24.2 Å². The third kappa shape index (κ3) is 3.81. The molecule has 0 radical (unpaired) electrons. The van der Waals surface area contributed by atoms with Crippen LogP contribution in [0.25, 0.3) is 0 Å². The van der Waals surface area contributed by atoms with Crippen molar-refractivity contribution >= 4 is 5.91 Å². The summed E-state index contributed by atoms with van der Waals surface area (Å²) in [5.41, 5.74) is 5.20. The van der Waals surface area contributed by atoms with E-state index >= 15 is 0 Å². The lowest BCUT2D eigenvalue weighted by Gasteiger charge is -2.26. The predicted octanol–water partition coefficient (Wildman–Crippen LogP) is 0.316. The summed E-state index contributed by atoms with van der Waals surface area (Å²) in [6, 6.07) is 5.34. The highest BCUT2D eigenvalue weighted by atomic mass is 16.5. The summed E-state index contributed by atoms with van der Waals surface area (Å²) in [5.74, 6) is 5.33. The summed E-state index contributed by atoms with van der Waals surface area (Å²) in [5, 5.41) is 10.6. The number of hydrogen-bond donors (Lipinski definition) is 2. The maximum absolute atomic E-state index is 12.1. The van der Waals surface area contributed by atoms with Crippen molar-refractivity contribution in [2.75, 3.05) is 32.9 Å². The molecule has 20 heavy (non-hydrogen) atoms. The van der Waals surface area contributed by atoms with Crippen molar-refractivity contribution in [3.05, 3.63) is 34.9 Å². The van der Waals surface area contributed by atoms with Crippen molar-refractivity contribution in [2.24, 2.45) is 0 Å². The van der Waals surface area contributed by atoms with Crippen molar-refractivity contribution in [1.29, 1.82) is 0 Å². The van der Waals surface area contributed by atoms with E-state index in [-0.39, 0.29) is 12.5 Å². The molecule has 1 aliphatic rings. The Morgan fingerprint density at radius 1 is 1.45 bits per heavy atom. The van der Waals surface area contributed by atoms with Crippen molar-refractivity contribution in [2.45, 2.75) is 6.92 Å². The number of carbonyl (C=O) groups excluding carboxylic acids is 1. The number of hydrazine groups is 1. The van der Waals surface area contributed by atoms with E-state index in [9.17, 15) is 4.79 Å². The van der Waals surface area contributed by atoms with Crippen LogP contribution in [0, 0.1) is 18.8 Å². The van der Waals surface area contributed by atoms with Gasteiger partial charge in [0.2, 0.25) is 0 Å². The molecule has 0 atom stereocenters. The third-order valence-electron chi connectivity index (χ3n) is 3.06. The third-order valence-corrected chi connectivity index (χ3v) is 3.06. The van der Waals surface area contributed by atoms with Crippen LogP contribution in [0.4, 0.5) is 0 Å². The lowest BCUT2D eigenvalue weighted by Crippen LogP contribution is -2.48. The zero-order valence-corrected chi connectivity index (χ0v) is 11.5. The molecular formula is C15H18N2O3. The second-order valence-electron chi connectivity index (χ2n) is 4.53. The Morgan fingerprint density at radius 2 is 2.20 bits per heavy atom. The Bertz CT molecular complexity index is 540. The molecule has 0 bridgehead atoms. The number of aliphatic hydroxyl groups is 1. The standard InChI is InChI=1S/C15H18N2O3/c1-12-11-14(5-4-13(12)3-2-8-18)15(19)16-17-6-9-20-10-7-17/h4-5,11,18H,6-10H2,1H3,(H,16,19). The minimum atomic E-state index is -0.168. The summed E-state index contributed by atoms with van der Waals surface area (Å²) < 4.78 is 5.23. The number of hydrogen-bond acceptors (Lipinski definition) is 4. The molecule has 0 aromatic heterocycles. The van der Waals surface area contributed by atoms with Gasteiger partial charge in [-0.05, 0) is 30.7 Å². The normalized spacial score (nSPS) is 15.3. The van der Waals surface area contributed by atoms with Gasteiger partial charge in [-0.15, -0.1) is 0 Å². The Morgan fingerprint density at radius 3 is 2.85 bits per heavy atom. The zero-order valence-electron chi connectivity index (χ0n) is 11.5. The Hall–Kier alpha value is -1.87. The van der Waals surface area contributed by atoms with Gasteiger partial charge in [-0.1, -0.05) is 11.8 Å². The van der Waals surface area contributed by atoms with Gasteiger partial charge in [-0.3, -0.25) is 10.2 Å². The molecule has 1 amide bonds. The second-order valence-corrected chi connectivity index (χ2v) is 4.53. The lowest BCUT2D eigenvalue weighted by atomic mass is 10.1. The molecule has 0 saturated carbocycles.